The molecule has 10 nitrogen and oxygen atoms in total. The summed E-state index contributed by atoms with van der Waals surface area (Å²) < 4.78 is 6.91. The quantitative estimate of drug-likeness (QED) is 0.684. The van der Waals surface area contributed by atoms with Crippen molar-refractivity contribution >= 4 is 23.3 Å². The van der Waals surface area contributed by atoms with E-state index in [0.29, 0.717) is 48.6 Å². The van der Waals surface area contributed by atoms with Crippen LogP contribution in [0.5, 0.6) is 0 Å². The molecule has 3 amide bonds. The van der Waals surface area contributed by atoms with Crippen LogP contribution in [0, 0.1) is 0 Å². The number of hydrogen-bond acceptors (Lipinski definition) is 6. The first kappa shape index (κ1) is 19.9. The lowest BCUT2D eigenvalue weighted by molar-refractivity contribution is 0.0711. The third-order valence-electron chi connectivity index (χ3n) is 5.16. The minimum Gasteiger partial charge on any atom is -0.359 e. The number of aromatic nitrogens is 4. The van der Waals surface area contributed by atoms with Gasteiger partial charge in [-0.25, -0.2) is 9.31 Å². The molecule has 0 atom stereocenters. The van der Waals surface area contributed by atoms with Crippen molar-refractivity contribution in [3.05, 3.63) is 42.2 Å². The number of fused-ring (bicyclic) bond motifs is 1. The molecule has 0 radical (unpaired) electrons. The van der Waals surface area contributed by atoms with E-state index in [9.17, 15) is 9.59 Å². The van der Waals surface area contributed by atoms with Gasteiger partial charge in [-0.15, -0.1) is 0 Å². The number of anilines is 1. The highest BCUT2D eigenvalue weighted by Gasteiger charge is 2.27. The van der Waals surface area contributed by atoms with Crippen molar-refractivity contribution in [2.75, 3.05) is 18.4 Å². The van der Waals surface area contributed by atoms with Gasteiger partial charge in [0, 0.05) is 43.0 Å². The normalized spacial score (nSPS) is 15.4. The van der Waals surface area contributed by atoms with E-state index in [0.717, 1.165) is 0 Å². The lowest BCUT2D eigenvalue weighted by atomic mass is 9.93. The number of likely N-dealkylation sites (tertiary alicyclic amines) is 1. The van der Waals surface area contributed by atoms with Gasteiger partial charge in [-0.1, -0.05) is 25.9 Å². The summed E-state index contributed by atoms with van der Waals surface area (Å²) in [6.07, 6.45) is 7.87. The van der Waals surface area contributed by atoms with Crippen molar-refractivity contribution in [2.45, 2.75) is 45.1 Å². The van der Waals surface area contributed by atoms with Crippen molar-refractivity contribution in [3.8, 4) is 0 Å². The molecule has 1 aliphatic heterocycles. The van der Waals surface area contributed by atoms with E-state index in [-0.39, 0.29) is 23.4 Å². The minimum atomic E-state index is -0.331. The van der Waals surface area contributed by atoms with Gasteiger partial charge in [0.2, 0.25) is 0 Å². The van der Waals surface area contributed by atoms with E-state index in [1.54, 1.807) is 40.3 Å². The molecule has 3 aromatic heterocycles. The molecular formula is C20H25N7O3. The van der Waals surface area contributed by atoms with E-state index >= 15 is 0 Å². The molecule has 4 rings (SSSR count). The van der Waals surface area contributed by atoms with Crippen molar-refractivity contribution in [1.82, 2.24) is 30.0 Å². The predicted octanol–water partition coefficient (Wildman–Crippen LogP) is 2.44. The van der Waals surface area contributed by atoms with Gasteiger partial charge in [0.15, 0.2) is 5.82 Å². The standard InChI is InChI=1S/C20H25N7O3/c1-20(2,3)16-10-17(25-30-16)24-19(29)23-13-4-7-26(8-5-13)18(28)14-11-22-27-9-6-21-12-15(14)27/h6,9-13H,4-5,7-8H2,1-3H3,(H2,23,24,25,29). The molecule has 0 aromatic carbocycles. The molecular weight excluding hydrogens is 386 g/mol. The summed E-state index contributed by atoms with van der Waals surface area (Å²) in [6, 6.07) is 1.38. The molecule has 1 saturated heterocycles. The van der Waals surface area contributed by atoms with Gasteiger partial charge >= 0.3 is 6.03 Å². The first-order valence-corrected chi connectivity index (χ1v) is 9.92. The first-order valence-electron chi connectivity index (χ1n) is 9.92. The zero-order valence-electron chi connectivity index (χ0n) is 17.3. The van der Waals surface area contributed by atoms with Crippen LogP contribution in [0.3, 0.4) is 0 Å². The Hall–Kier alpha value is -3.43. The van der Waals surface area contributed by atoms with Crippen molar-refractivity contribution < 1.29 is 14.1 Å². The third-order valence-corrected chi connectivity index (χ3v) is 5.16. The highest BCUT2D eigenvalue weighted by Crippen LogP contribution is 2.24. The third kappa shape index (κ3) is 4.12. The van der Waals surface area contributed by atoms with E-state index in [1.165, 1.54) is 0 Å². The van der Waals surface area contributed by atoms with Crippen LogP contribution in [0.15, 0.2) is 35.4 Å². The molecule has 30 heavy (non-hydrogen) atoms. The molecule has 0 bridgehead atoms. The molecule has 10 heteroatoms. The Kier molecular flexibility index (Phi) is 5.15. The Morgan fingerprint density at radius 2 is 1.97 bits per heavy atom. The van der Waals surface area contributed by atoms with E-state index in [4.69, 9.17) is 4.52 Å². The van der Waals surface area contributed by atoms with Crippen LogP contribution < -0.4 is 10.6 Å². The largest absolute Gasteiger partial charge is 0.359 e. The van der Waals surface area contributed by atoms with E-state index in [2.05, 4.69) is 25.9 Å². The average molecular weight is 411 g/mol. The lowest BCUT2D eigenvalue weighted by Gasteiger charge is -2.32. The fourth-order valence-electron chi connectivity index (χ4n) is 3.42. The summed E-state index contributed by atoms with van der Waals surface area (Å²) in [5, 5.41) is 13.7. The van der Waals surface area contributed by atoms with Crippen LogP contribution in [0.25, 0.3) is 5.52 Å². The fraction of sp³-hybridized carbons (Fsp3) is 0.450. The number of nitrogens with one attached hydrogen (secondary N) is 2. The molecule has 1 fully saturated rings. The zero-order valence-corrected chi connectivity index (χ0v) is 17.3. The monoisotopic (exact) mass is 411 g/mol. The number of urea groups is 1. The van der Waals surface area contributed by atoms with E-state index < -0.39 is 0 Å². The summed E-state index contributed by atoms with van der Waals surface area (Å²) in [6.45, 7) is 7.14. The van der Waals surface area contributed by atoms with Gasteiger partial charge in [-0.3, -0.25) is 15.1 Å². The molecule has 0 unspecified atom stereocenters. The topological polar surface area (TPSA) is 118 Å². The number of hydrogen-bond donors (Lipinski definition) is 2. The Balaban J connectivity index is 1.29. The smallest absolute Gasteiger partial charge is 0.320 e. The highest BCUT2D eigenvalue weighted by atomic mass is 16.5. The van der Waals surface area contributed by atoms with Gasteiger partial charge in [-0.2, -0.15) is 5.10 Å². The highest BCUT2D eigenvalue weighted by molar-refractivity contribution is 6.00. The maximum atomic E-state index is 12.9. The SMILES string of the molecule is CC(C)(C)c1cc(NC(=O)NC2CCN(C(=O)c3cnn4ccncc34)CC2)no1. The number of rotatable bonds is 3. The summed E-state index contributed by atoms with van der Waals surface area (Å²) >= 11 is 0. The number of amides is 3. The Morgan fingerprint density at radius 3 is 2.67 bits per heavy atom. The molecule has 0 aliphatic carbocycles. The molecule has 1 aliphatic rings. The lowest BCUT2D eigenvalue weighted by Crippen LogP contribution is -2.47. The summed E-state index contributed by atoms with van der Waals surface area (Å²) in [4.78, 5) is 31.0. The number of nitrogens with zero attached hydrogens (tertiary/aromatic N) is 5. The molecule has 0 spiro atoms. The van der Waals surface area contributed by atoms with Gasteiger partial charge in [-0.05, 0) is 12.8 Å². The molecule has 2 N–H and O–H groups in total. The van der Waals surface area contributed by atoms with Gasteiger partial charge < -0.3 is 14.7 Å². The van der Waals surface area contributed by atoms with Crippen LogP contribution >= 0.6 is 0 Å². The summed E-state index contributed by atoms with van der Waals surface area (Å²) in [5.41, 5.74) is 1.04. The van der Waals surface area contributed by atoms with E-state index in [1.807, 2.05) is 20.8 Å². The average Bonchev–Trinajstić information content (AvgIpc) is 3.35. The van der Waals surface area contributed by atoms with Crippen LogP contribution in [0.2, 0.25) is 0 Å². The van der Waals surface area contributed by atoms with Crippen molar-refractivity contribution in [2.24, 2.45) is 0 Å². The van der Waals surface area contributed by atoms with Crippen LogP contribution in [-0.2, 0) is 5.41 Å². The van der Waals surface area contributed by atoms with Crippen molar-refractivity contribution in [1.29, 1.82) is 0 Å². The minimum absolute atomic E-state index is 0.0198. The number of piperidine rings is 1. The van der Waals surface area contributed by atoms with Gasteiger partial charge in [0.25, 0.3) is 5.91 Å². The maximum absolute atomic E-state index is 12.9. The second-order valence-corrected chi connectivity index (χ2v) is 8.46. The summed E-state index contributed by atoms with van der Waals surface area (Å²) in [7, 11) is 0. The molecule has 3 aromatic rings. The Labute approximate surface area is 173 Å². The van der Waals surface area contributed by atoms with Crippen LogP contribution in [0.4, 0.5) is 10.6 Å². The number of carbonyl (C=O) groups is 2. The van der Waals surface area contributed by atoms with Gasteiger partial charge in [0.05, 0.1) is 23.5 Å². The summed E-state index contributed by atoms with van der Waals surface area (Å²) in [5.74, 6) is 1.01. The molecule has 4 heterocycles. The Morgan fingerprint density at radius 1 is 1.20 bits per heavy atom. The second kappa shape index (κ2) is 7.77. The number of carbonyl (C=O) groups excluding carboxylic acids is 2. The van der Waals surface area contributed by atoms with Crippen LogP contribution in [-0.4, -0.2) is 55.7 Å². The zero-order chi connectivity index (χ0) is 21.3. The molecule has 0 saturated carbocycles. The fourth-order valence-corrected chi connectivity index (χ4v) is 3.42. The second-order valence-electron chi connectivity index (χ2n) is 8.46. The van der Waals surface area contributed by atoms with Crippen molar-refractivity contribution in [3.63, 3.8) is 0 Å². The maximum Gasteiger partial charge on any atom is 0.320 e. The van der Waals surface area contributed by atoms with Gasteiger partial charge in [0.1, 0.15) is 5.76 Å². The van der Waals surface area contributed by atoms with Crippen LogP contribution in [0.1, 0.15) is 49.7 Å². The first-order chi connectivity index (χ1) is 14.3. The molecule has 158 valence electrons. The predicted molar refractivity (Wildman–Crippen MR) is 109 cm³/mol. The Bertz CT molecular complexity index is 1060.